The normalized spacial score (nSPS) is 28.8. The number of aliphatic hydroxyl groups is 1. The third kappa shape index (κ3) is 9.69. The van der Waals surface area contributed by atoms with Crippen LogP contribution in [-0.2, 0) is 39.9 Å². The summed E-state index contributed by atoms with van der Waals surface area (Å²) in [6, 6.07) is 4.36. The lowest BCUT2D eigenvalue weighted by molar-refractivity contribution is -0.163. The Hall–Kier alpha value is -5.91. The first-order valence-corrected chi connectivity index (χ1v) is 21.1. The lowest BCUT2D eigenvalue weighted by atomic mass is 9.98. The average molecular weight is 846 g/mol. The maximum Gasteiger partial charge on any atom is 0.329 e. The summed E-state index contributed by atoms with van der Waals surface area (Å²) in [4.78, 5) is 103. The minimum Gasteiger partial charge on any atom is -0.486 e. The van der Waals surface area contributed by atoms with Gasteiger partial charge in [-0.2, -0.15) is 0 Å². The summed E-state index contributed by atoms with van der Waals surface area (Å²) in [5.41, 5.74) is 1.97. The summed E-state index contributed by atoms with van der Waals surface area (Å²) < 4.78 is 17.2. The van der Waals surface area contributed by atoms with Gasteiger partial charge in [0.2, 0.25) is 29.5 Å². The topological polar surface area (TPSA) is 225 Å². The van der Waals surface area contributed by atoms with Gasteiger partial charge in [0.05, 0.1) is 6.10 Å². The molecule has 5 N–H and O–H groups in total. The number of aliphatic hydroxyl groups excluding tert-OH is 1. The Morgan fingerprint density at radius 3 is 2.38 bits per heavy atom. The Balaban J connectivity index is 1.20. The molecule has 2 aromatic rings. The zero-order valence-corrected chi connectivity index (χ0v) is 34.9. The van der Waals surface area contributed by atoms with Gasteiger partial charge in [0.15, 0.2) is 11.5 Å². The Bertz CT molecular complexity index is 2050. The van der Waals surface area contributed by atoms with Crippen molar-refractivity contribution < 1.29 is 52.9 Å². The summed E-state index contributed by atoms with van der Waals surface area (Å²) in [5.74, 6) is -3.16. The quantitative estimate of drug-likeness (QED) is 0.258. The number of cyclic esters (lactones) is 1. The number of hydrogen-bond acceptors (Lipinski definition) is 11. The van der Waals surface area contributed by atoms with E-state index >= 15 is 0 Å². The number of rotatable bonds is 6. The van der Waals surface area contributed by atoms with Gasteiger partial charge in [0.1, 0.15) is 55.6 Å². The molecule has 0 saturated carbocycles. The van der Waals surface area contributed by atoms with Gasteiger partial charge in [-0.05, 0) is 70.1 Å². The van der Waals surface area contributed by atoms with Gasteiger partial charge in [0.25, 0.3) is 0 Å². The molecular weight excluding hydrogens is 791 g/mol. The number of amides is 7. The number of nitrogens with one attached hydrogen (secondary N) is 4. The minimum absolute atomic E-state index is 0.00563. The number of aryl methyl sites for hydroxylation is 1. The van der Waals surface area contributed by atoms with Gasteiger partial charge in [-0.25, -0.2) is 9.59 Å². The number of hydrogen-bond donors (Lipinski definition) is 5. The van der Waals surface area contributed by atoms with Gasteiger partial charge in [-0.15, -0.1) is 0 Å². The van der Waals surface area contributed by atoms with E-state index in [2.05, 4.69) is 21.3 Å². The highest BCUT2D eigenvalue weighted by Gasteiger charge is 2.49. The van der Waals surface area contributed by atoms with E-state index in [9.17, 15) is 38.7 Å². The van der Waals surface area contributed by atoms with Gasteiger partial charge >= 0.3 is 12.0 Å². The average Bonchev–Trinajstić information content (AvgIpc) is 3.83. The smallest absolute Gasteiger partial charge is 0.329 e. The summed E-state index contributed by atoms with van der Waals surface area (Å²) in [5, 5.41) is 21.9. The van der Waals surface area contributed by atoms with Gasteiger partial charge in [0, 0.05) is 44.2 Å². The predicted octanol–water partition coefficient (Wildman–Crippen LogP) is 1.01. The van der Waals surface area contributed by atoms with E-state index in [1.165, 1.54) is 28.5 Å². The number of piperidine rings is 1. The van der Waals surface area contributed by atoms with Crippen molar-refractivity contribution >= 4 is 47.2 Å². The molecule has 4 fully saturated rings. The first-order valence-electron chi connectivity index (χ1n) is 21.1. The number of fused-ring (bicyclic) bond motifs is 4. The Morgan fingerprint density at radius 2 is 1.61 bits per heavy atom. The molecule has 9 atom stereocenters. The van der Waals surface area contributed by atoms with E-state index in [0.717, 1.165) is 5.56 Å². The highest BCUT2D eigenvalue weighted by molar-refractivity contribution is 5.99. The zero-order valence-electron chi connectivity index (χ0n) is 34.9. The molecule has 328 valence electrons. The molecule has 0 aliphatic carbocycles. The Morgan fingerprint density at radius 1 is 0.852 bits per heavy atom. The number of esters is 1. The van der Waals surface area contributed by atoms with Crippen LogP contribution < -0.4 is 30.7 Å². The molecule has 5 aliphatic rings. The standard InChI is InChI=1S/C43H55N7O11/c1-23-8-7-9-27(16-23)18-30(46-43(58)45-28-11-12-34-35(19-28)60-15-14-59-34)37(52)47-36-26(4)61-42(57)33-17-24(2)21-49(33)39(54)25(3)44-38(53)31-10-5-6-13-48(31)40(55)32-20-29(51)22-50(32)41(36)56/h7-9,11-12,16,19,24-26,29-33,36,51H,5-6,10,13-15,17-18,20-22H2,1-4H3,(H,44,53)(H,47,52)(H2,45,46,58)/t24-,25+,26+,29-,30+,31+,32+,33+,36+/m1/s1. The molecule has 5 aliphatic heterocycles. The van der Waals surface area contributed by atoms with Gasteiger partial charge < -0.3 is 55.3 Å². The summed E-state index contributed by atoms with van der Waals surface area (Å²) >= 11 is 0. The molecule has 7 rings (SSSR count). The van der Waals surface area contributed by atoms with E-state index in [4.69, 9.17) is 14.2 Å². The molecule has 0 bridgehead atoms. The van der Waals surface area contributed by atoms with Crippen molar-refractivity contribution in [2.75, 3.05) is 38.2 Å². The molecule has 0 spiro atoms. The van der Waals surface area contributed by atoms with Crippen LogP contribution in [0, 0.1) is 12.8 Å². The Kier molecular flexibility index (Phi) is 13.0. The van der Waals surface area contributed by atoms with Crippen LogP contribution in [-0.4, -0.2) is 143 Å². The second-order valence-electron chi connectivity index (χ2n) is 16.8. The predicted molar refractivity (Wildman–Crippen MR) is 218 cm³/mol. The van der Waals surface area contributed by atoms with Crippen LogP contribution in [0.1, 0.15) is 64.0 Å². The van der Waals surface area contributed by atoms with Crippen LogP contribution in [0.5, 0.6) is 11.5 Å². The largest absolute Gasteiger partial charge is 0.486 e. The number of carbonyl (C=O) groups is 7. The third-order valence-electron chi connectivity index (χ3n) is 12.0. The highest BCUT2D eigenvalue weighted by atomic mass is 16.6. The maximum atomic E-state index is 14.8. The van der Waals surface area contributed by atoms with Crippen LogP contribution in [0.15, 0.2) is 42.5 Å². The van der Waals surface area contributed by atoms with E-state index in [-0.39, 0.29) is 44.8 Å². The first kappa shape index (κ1) is 43.2. The number of ether oxygens (including phenoxy) is 3. The van der Waals surface area contributed by atoms with Crippen LogP contribution in [0.3, 0.4) is 0 Å². The van der Waals surface area contributed by atoms with Crippen LogP contribution in [0.2, 0.25) is 0 Å². The Labute approximate surface area is 354 Å². The number of anilines is 1. The van der Waals surface area contributed by atoms with Crippen LogP contribution in [0.4, 0.5) is 10.5 Å². The molecule has 2 aromatic carbocycles. The van der Waals surface area contributed by atoms with Crippen molar-refractivity contribution in [1.29, 1.82) is 0 Å². The third-order valence-corrected chi connectivity index (χ3v) is 12.0. The lowest BCUT2D eigenvalue weighted by Crippen LogP contribution is -2.63. The fraction of sp³-hybridized carbons (Fsp3) is 0.558. The van der Waals surface area contributed by atoms with E-state index in [1.807, 2.05) is 32.0 Å². The van der Waals surface area contributed by atoms with E-state index in [1.54, 1.807) is 24.3 Å². The second-order valence-corrected chi connectivity index (χ2v) is 16.8. The van der Waals surface area contributed by atoms with Gasteiger partial charge in [-0.1, -0.05) is 36.8 Å². The maximum absolute atomic E-state index is 14.8. The molecule has 7 amide bonds. The molecule has 4 saturated heterocycles. The van der Waals surface area contributed by atoms with Crippen LogP contribution in [0.25, 0.3) is 0 Å². The second kappa shape index (κ2) is 18.4. The van der Waals surface area contributed by atoms with Crippen molar-refractivity contribution in [3.8, 4) is 11.5 Å². The number of benzene rings is 2. The van der Waals surface area contributed by atoms with Crippen molar-refractivity contribution in [1.82, 2.24) is 30.7 Å². The van der Waals surface area contributed by atoms with E-state index in [0.29, 0.717) is 55.2 Å². The molecule has 0 unspecified atom stereocenters. The highest BCUT2D eigenvalue weighted by Crippen LogP contribution is 2.33. The number of nitrogens with zero attached hydrogens (tertiary/aromatic N) is 3. The van der Waals surface area contributed by atoms with Crippen molar-refractivity contribution in [3.05, 3.63) is 53.6 Å². The number of carbonyl (C=O) groups excluding carboxylic acids is 7. The molecule has 18 nitrogen and oxygen atoms in total. The molecule has 18 heteroatoms. The molecular formula is C43H55N7O11. The summed E-state index contributed by atoms with van der Waals surface area (Å²) in [6.07, 6.45) is -0.777. The van der Waals surface area contributed by atoms with Crippen LogP contribution >= 0.6 is 0 Å². The van der Waals surface area contributed by atoms with Crippen molar-refractivity contribution in [3.63, 3.8) is 0 Å². The number of urea groups is 1. The SMILES string of the molecule is Cc1cccc(C[C@H](NC(=O)Nc2ccc3c(c2)OCCO3)C(=O)N[C@@H]2C(=O)N3C[C@H](O)C[C@H]3C(=O)N3CCCC[C@H]3C(=O)N[C@@H](C)C(=O)N3C[C@H](C)C[C@H]3C(=O)O[C@H]2C)c1. The lowest BCUT2D eigenvalue weighted by Gasteiger charge is -2.39. The van der Waals surface area contributed by atoms with Crippen molar-refractivity contribution in [2.24, 2.45) is 5.92 Å². The van der Waals surface area contributed by atoms with Gasteiger partial charge in [-0.3, -0.25) is 24.0 Å². The first-order chi connectivity index (χ1) is 29.2. The fourth-order valence-corrected chi connectivity index (χ4v) is 8.96. The summed E-state index contributed by atoms with van der Waals surface area (Å²) in [6.45, 7) is 7.62. The van der Waals surface area contributed by atoms with Crippen molar-refractivity contribution in [2.45, 2.75) is 115 Å². The zero-order chi connectivity index (χ0) is 43.5. The van der Waals surface area contributed by atoms with E-state index < -0.39 is 90.0 Å². The molecule has 5 heterocycles. The minimum atomic E-state index is -1.62. The molecule has 0 radical (unpaired) electrons. The monoisotopic (exact) mass is 845 g/mol. The molecule has 61 heavy (non-hydrogen) atoms. The fourth-order valence-electron chi connectivity index (χ4n) is 8.96. The molecule has 0 aromatic heterocycles. The summed E-state index contributed by atoms with van der Waals surface area (Å²) in [7, 11) is 0.